The molecular weight excluding hydrogens is 407 g/mol. The average molecular weight is 434 g/mol. The molecule has 0 aliphatic rings. The van der Waals surface area contributed by atoms with E-state index in [9.17, 15) is 5.11 Å². The Balaban J connectivity index is 1.58. The summed E-state index contributed by atoms with van der Waals surface area (Å²) in [5.74, 6) is 0. The summed E-state index contributed by atoms with van der Waals surface area (Å²) in [4.78, 5) is 9.26. The number of rotatable bonds is 5. The molecular formula is C28H27BN2O2. The Morgan fingerprint density at radius 1 is 0.697 bits per heavy atom. The Labute approximate surface area is 194 Å². The molecule has 0 unspecified atom stereocenters. The molecule has 1 heterocycles. The van der Waals surface area contributed by atoms with Crippen molar-refractivity contribution in [3.05, 3.63) is 79.1 Å². The molecule has 33 heavy (non-hydrogen) atoms. The van der Waals surface area contributed by atoms with Gasteiger partial charge < -0.3 is 9.76 Å². The van der Waals surface area contributed by atoms with Crippen LogP contribution in [0.4, 0.5) is 0 Å². The molecule has 0 saturated carbocycles. The number of aliphatic hydroxyl groups is 1. The van der Waals surface area contributed by atoms with Gasteiger partial charge in [0, 0.05) is 23.2 Å². The van der Waals surface area contributed by atoms with Gasteiger partial charge in [-0.3, -0.25) is 9.97 Å². The van der Waals surface area contributed by atoms with Crippen molar-refractivity contribution >= 4 is 45.5 Å². The van der Waals surface area contributed by atoms with E-state index in [-0.39, 0.29) is 0 Å². The van der Waals surface area contributed by atoms with Crippen LogP contribution in [0.25, 0.3) is 43.7 Å². The highest BCUT2D eigenvalue weighted by atomic mass is 16.5. The molecule has 1 N–H and O–H groups in total. The molecule has 164 valence electrons. The molecule has 4 nitrogen and oxygen atoms in total. The molecule has 5 heteroatoms. The van der Waals surface area contributed by atoms with Gasteiger partial charge in [-0.15, -0.1) is 0 Å². The van der Waals surface area contributed by atoms with Crippen LogP contribution >= 0.6 is 0 Å². The van der Waals surface area contributed by atoms with E-state index in [0.29, 0.717) is 7.48 Å². The minimum Gasteiger partial charge on any atom is -0.427 e. The van der Waals surface area contributed by atoms with Crippen molar-refractivity contribution in [3.63, 3.8) is 0 Å². The van der Waals surface area contributed by atoms with Crippen LogP contribution in [-0.2, 0) is 4.65 Å². The Bertz CT molecular complexity index is 1450. The number of aromatic nitrogens is 2. The smallest absolute Gasteiger partial charge is 0.309 e. The predicted molar refractivity (Wildman–Crippen MR) is 138 cm³/mol. The monoisotopic (exact) mass is 434 g/mol. The summed E-state index contributed by atoms with van der Waals surface area (Å²) in [5, 5.41) is 14.9. The Morgan fingerprint density at radius 2 is 1.33 bits per heavy atom. The van der Waals surface area contributed by atoms with Crippen LogP contribution < -0.4 is 5.46 Å². The van der Waals surface area contributed by atoms with Crippen LogP contribution in [0.3, 0.4) is 0 Å². The average Bonchev–Trinajstić information content (AvgIpc) is 2.82. The van der Waals surface area contributed by atoms with Gasteiger partial charge in [0.25, 0.3) is 0 Å². The van der Waals surface area contributed by atoms with Gasteiger partial charge in [-0.25, -0.2) is 0 Å². The third kappa shape index (κ3) is 3.88. The minimum absolute atomic E-state index is 0.432. The normalized spacial score (nSPS) is 12.5. The lowest BCUT2D eigenvalue weighted by molar-refractivity contribution is -0.0893. The highest BCUT2D eigenvalue weighted by Crippen LogP contribution is 2.35. The maximum Gasteiger partial charge on any atom is 0.309 e. The highest BCUT2D eigenvalue weighted by molar-refractivity contribution is 6.47. The van der Waals surface area contributed by atoms with E-state index in [4.69, 9.17) is 4.65 Å². The van der Waals surface area contributed by atoms with E-state index in [1.165, 1.54) is 10.8 Å². The third-order valence-electron chi connectivity index (χ3n) is 6.78. The fourth-order valence-corrected chi connectivity index (χ4v) is 4.09. The lowest BCUT2D eigenvalue weighted by Gasteiger charge is -2.37. The van der Waals surface area contributed by atoms with Gasteiger partial charge in [0.1, 0.15) is 0 Å². The van der Waals surface area contributed by atoms with Crippen LogP contribution in [0.15, 0.2) is 79.1 Å². The van der Waals surface area contributed by atoms with Gasteiger partial charge in [0.2, 0.25) is 0 Å². The Hall–Kier alpha value is -3.28. The third-order valence-corrected chi connectivity index (χ3v) is 6.78. The van der Waals surface area contributed by atoms with Crippen LogP contribution in [0.1, 0.15) is 27.7 Å². The van der Waals surface area contributed by atoms with Crippen molar-refractivity contribution in [1.82, 2.24) is 9.97 Å². The van der Waals surface area contributed by atoms with Crippen LogP contribution in [0.2, 0.25) is 0 Å². The number of benzene rings is 4. The molecule has 1 aromatic heterocycles. The zero-order valence-electron chi connectivity index (χ0n) is 19.5. The molecule has 0 aliphatic heterocycles. The summed E-state index contributed by atoms with van der Waals surface area (Å²) < 4.78 is 6.08. The topological polar surface area (TPSA) is 55.2 Å². The molecule has 0 radical (unpaired) electrons. The summed E-state index contributed by atoms with van der Waals surface area (Å²) >= 11 is 0. The SMILES string of the molecule is CC(C)(O)C(C)(C)OBc1cccc(-c2ccc3c(c2)c2ccccc2c2nccnc32)c1. The molecule has 0 fully saturated rings. The maximum atomic E-state index is 10.4. The number of nitrogens with zero attached hydrogens (tertiary/aromatic N) is 2. The first-order valence-electron chi connectivity index (χ1n) is 11.3. The zero-order valence-corrected chi connectivity index (χ0v) is 19.5. The zero-order chi connectivity index (χ0) is 23.2. The quantitative estimate of drug-likeness (QED) is 0.307. The fraction of sp³-hybridized carbons (Fsp3) is 0.214. The lowest BCUT2D eigenvalue weighted by Crippen LogP contribution is -2.49. The standard InChI is InChI=1S/C28H27BN2O2/c1-27(2,32)28(3,4)33-29-20-9-7-8-18(16-20)19-12-13-23-24(17-19)21-10-5-6-11-22(21)25-26(23)31-15-14-30-25/h5-17,29,32H,1-4H3. The van der Waals surface area contributed by atoms with E-state index in [1.807, 2.05) is 19.9 Å². The molecule has 5 rings (SSSR count). The fourth-order valence-electron chi connectivity index (χ4n) is 4.09. The largest absolute Gasteiger partial charge is 0.427 e. The molecule has 0 amide bonds. The molecule has 0 bridgehead atoms. The number of hydrogen-bond acceptors (Lipinski definition) is 4. The van der Waals surface area contributed by atoms with Crippen molar-refractivity contribution in [2.24, 2.45) is 0 Å². The van der Waals surface area contributed by atoms with Gasteiger partial charge in [-0.05, 0) is 55.7 Å². The van der Waals surface area contributed by atoms with Crippen LogP contribution in [0, 0.1) is 0 Å². The molecule has 0 saturated heterocycles. The van der Waals surface area contributed by atoms with E-state index in [1.54, 1.807) is 26.2 Å². The van der Waals surface area contributed by atoms with Gasteiger partial charge in [0.15, 0.2) is 0 Å². The second-order valence-corrected chi connectivity index (χ2v) is 9.62. The summed E-state index contributed by atoms with van der Waals surface area (Å²) in [5.41, 5.74) is 3.60. The molecule has 0 spiro atoms. The second-order valence-electron chi connectivity index (χ2n) is 9.62. The van der Waals surface area contributed by atoms with E-state index in [0.717, 1.165) is 38.4 Å². The van der Waals surface area contributed by atoms with Crippen molar-refractivity contribution in [2.45, 2.75) is 38.9 Å². The van der Waals surface area contributed by atoms with Crippen LogP contribution in [0.5, 0.6) is 0 Å². The van der Waals surface area contributed by atoms with E-state index in [2.05, 4.69) is 70.6 Å². The van der Waals surface area contributed by atoms with E-state index >= 15 is 0 Å². The maximum absolute atomic E-state index is 10.4. The molecule has 0 atom stereocenters. The number of hydrogen-bond donors (Lipinski definition) is 1. The first-order chi connectivity index (χ1) is 15.7. The second kappa shape index (κ2) is 7.94. The van der Waals surface area contributed by atoms with Gasteiger partial charge >= 0.3 is 7.48 Å². The molecule has 0 aliphatic carbocycles. The highest BCUT2D eigenvalue weighted by Gasteiger charge is 2.35. The number of fused-ring (bicyclic) bond motifs is 6. The lowest BCUT2D eigenvalue weighted by atomic mass is 9.81. The van der Waals surface area contributed by atoms with E-state index < -0.39 is 11.2 Å². The Morgan fingerprint density at radius 3 is 2.03 bits per heavy atom. The van der Waals surface area contributed by atoms with Crippen molar-refractivity contribution in [3.8, 4) is 11.1 Å². The summed E-state index contributed by atoms with van der Waals surface area (Å²) in [6.45, 7) is 7.38. The van der Waals surface area contributed by atoms with Gasteiger partial charge in [-0.1, -0.05) is 66.1 Å². The minimum atomic E-state index is -0.935. The van der Waals surface area contributed by atoms with Crippen LogP contribution in [-0.4, -0.2) is 33.8 Å². The van der Waals surface area contributed by atoms with Crippen molar-refractivity contribution in [1.29, 1.82) is 0 Å². The molecule has 4 aromatic carbocycles. The Kier molecular flexibility index (Phi) is 5.19. The summed E-state index contributed by atoms with van der Waals surface area (Å²) in [6, 6.07) is 23.3. The molecule has 5 aromatic rings. The first-order valence-corrected chi connectivity index (χ1v) is 11.3. The van der Waals surface area contributed by atoms with Gasteiger partial charge in [-0.2, -0.15) is 0 Å². The summed E-state index contributed by atoms with van der Waals surface area (Å²) in [7, 11) is 0.432. The predicted octanol–water partition coefficient (Wildman–Crippen LogP) is 5.15. The summed E-state index contributed by atoms with van der Waals surface area (Å²) in [6.07, 6.45) is 3.50. The van der Waals surface area contributed by atoms with Crippen molar-refractivity contribution < 1.29 is 9.76 Å². The van der Waals surface area contributed by atoms with Gasteiger partial charge in [0.05, 0.1) is 22.2 Å². The first kappa shape index (κ1) is 21.6. The van der Waals surface area contributed by atoms with Crippen molar-refractivity contribution in [2.75, 3.05) is 0 Å².